The Bertz CT molecular complexity index is 333. The van der Waals surface area contributed by atoms with Gasteiger partial charge in [0.15, 0.2) is 0 Å². The Hall–Kier alpha value is -1.19. The molecule has 0 saturated carbocycles. The number of carbonyl (C=O) groups is 1. The molecule has 1 atom stereocenters. The van der Waals surface area contributed by atoms with Gasteiger partial charge in [-0.15, -0.1) is 0 Å². The Balaban J connectivity index is 1.98. The molecule has 1 aliphatic rings. The lowest BCUT2D eigenvalue weighted by Gasteiger charge is -2.34. The molecule has 1 aromatic carbocycles. The number of benzene rings is 1. The van der Waals surface area contributed by atoms with E-state index in [2.05, 4.69) is 34.5 Å². The fourth-order valence-corrected chi connectivity index (χ4v) is 2.41. The molecule has 0 bridgehead atoms. The summed E-state index contributed by atoms with van der Waals surface area (Å²) in [5.74, 6) is 0. The Morgan fingerprint density at radius 2 is 1.94 bits per heavy atom. The van der Waals surface area contributed by atoms with Crippen LogP contribution in [0, 0.1) is 0 Å². The van der Waals surface area contributed by atoms with Gasteiger partial charge in [-0.1, -0.05) is 30.3 Å². The fraction of sp³-hybridized carbons (Fsp3) is 0.500. The van der Waals surface area contributed by atoms with Gasteiger partial charge in [-0.3, -0.25) is 4.90 Å². The molecule has 3 heteroatoms. The first-order valence-electron chi connectivity index (χ1n) is 6.32. The van der Waals surface area contributed by atoms with E-state index >= 15 is 0 Å². The third-order valence-electron chi connectivity index (χ3n) is 3.35. The lowest BCUT2D eigenvalue weighted by Crippen LogP contribution is -2.49. The van der Waals surface area contributed by atoms with Gasteiger partial charge in [0.25, 0.3) is 0 Å². The summed E-state index contributed by atoms with van der Waals surface area (Å²) in [5, 5.41) is 3.35. The van der Waals surface area contributed by atoms with Crippen molar-refractivity contribution in [1.82, 2.24) is 10.2 Å². The third kappa shape index (κ3) is 3.65. The number of carbonyl (C=O) groups excluding carboxylic acids is 1. The van der Waals surface area contributed by atoms with Crippen LogP contribution in [0.15, 0.2) is 30.3 Å². The zero-order valence-electron chi connectivity index (χ0n) is 10.1. The van der Waals surface area contributed by atoms with Crippen molar-refractivity contribution in [3.05, 3.63) is 35.9 Å². The molecular weight excluding hydrogens is 212 g/mol. The Kier molecular flexibility index (Phi) is 4.71. The van der Waals surface area contributed by atoms with Crippen LogP contribution in [0.1, 0.15) is 12.0 Å². The molecule has 0 aliphatic carbocycles. The summed E-state index contributed by atoms with van der Waals surface area (Å²) < 4.78 is 0. The van der Waals surface area contributed by atoms with Gasteiger partial charge in [-0.25, -0.2) is 0 Å². The molecule has 1 N–H and O–H groups in total. The maximum absolute atomic E-state index is 10.8. The van der Waals surface area contributed by atoms with E-state index in [4.69, 9.17) is 0 Å². The lowest BCUT2D eigenvalue weighted by atomic mass is 10.0. The summed E-state index contributed by atoms with van der Waals surface area (Å²) in [4.78, 5) is 13.2. The second-order valence-corrected chi connectivity index (χ2v) is 4.53. The van der Waals surface area contributed by atoms with Crippen molar-refractivity contribution < 1.29 is 4.79 Å². The maximum atomic E-state index is 10.8. The predicted octanol–water partition coefficient (Wildman–Crippen LogP) is 1.09. The second-order valence-electron chi connectivity index (χ2n) is 4.53. The van der Waals surface area contributed by atoms with Crippen LogP contribution >= 0.6 is 0 Å². The molecule has 1 fully saturated rings. The summed E-state index contributed by atoms with van der Waals surface area (Å²) in [7, 11) is 0. The summed E-state index contributed by atoms with van der Waals surface area (Å²) in [6.07, 6.45) is 2.66. The average Bonchev–Trinajstić information content (AvgIpc) is 2.40. The molecule has 1 aromatic rings. The molecule has 1 heterocycles. The lowest BCUT2D eigenvalue weighted by molar-refractivity contribution is -0.109. The van der Waals surface area contributed by atoms with E-state index in [1.165, 1.54) is 5.56 Å². The minimum Gasteiger partial charge on any atom is -0.314 e. The molecule has 0 radical (unpaired) electrons. The van der Waals surface area contributed by atoms with Gasteiger partial charge in [-0.05, 0) is 12.0 Å². The maximum Gasteiger partial charge on any atom is 0.121 e. The van der Waals surface area contributed by atoms with Gasteiger partial charge >= 0.3 is 0 Å². The number of nitrogens with zero attached hydrogens (tertiary/aromatic N) is 1. The highest BCUT2D eigenvalue weighted by Gasteiger charge is 2.20. The zero-order valence-corrected chi connectivity index (χ0v) is 10.1. The molecule has 1 unspecified atom stereocenters. The zero-order chi connectivity index (χ0) is 11.9. The average molecular weight is 232 g/mol. The number of aldehydes is 1. The van der Waals surface area contributed by atoms with E-state index in [1.807, 2.05) is 6.07 Å². The SMILES string of the molecule is O=CCC(Cc1ccccc1)N1CCNCC1. The van der Waals surface area contributed by atoms with Crippen molar-refractivity contribution in [2.75, 3.05) is 26.2 Å². The molecular formula is C14H20N2O. The van der Waals surface area contributed by atoms with Crippen LogP contribution in [0.25, 0.3) is 0 Å². The van der Waals surface area contributed by atoms with Gasteiger partial charge < -0.3 is 10.1 Å². The normalized spacial score (nSPS) is 18.8. The molecule has 0 amide bonds. The largest absolute Gasteiger partial charge is 0.314 e. The summed E-state index contributed by atoms with van der Waals surface area (Å²) >= 11 is 0. The highest BCUT2D eigenvalue weighted by atomic mass is 16.1. The van der Waals surface area contributed by atoms with E-state index < -0.39 is 0 Å². The monoisotopic (exact) mass is 232 g/mol. The van der Waals surface area contributed by atoms with Gasteiger partial charge in [0.1, 0.15) is 6.29 Å². The van der Waals surface area contributed by atoms with Crippen molar-refractivity contribution in [3.63, 3.8) is 0 Å². The number of hydrogen-bond acceptors (Lipinski definition) is 3. The molecule has 92 valence electrons. The van der Waals surface area contributed by atoms with Crippen LogP contribution in [0.3, 0.4) is 0 Å². The van der Waals surface area contributed by atoms with E-state index in [-0.39, 0.29) is 0 Å². The number of rotatable bonds is 5. The van der Waals surface area contributed by atoms with Gasteiger partial charge in [0, 0.05) is 38.6 Å². The van der Waals surface area contributed by atoms with Gasteiger partial charge in [0.05, 0.1) is 0 Å². The van der Waals surface area contributed by atoms with Crippen molar-refractivity contribution in [2.45, 2.75) is 18.9 Å². The predicted molar refractivity (Wildman–Crippen MR) is 69.1 cm³/mol. The Labute approximate surface area is 103 Å². The van der Waals surface area contributed by atoms with E-state index in [1.54, 1.807) is 0 Å². The topological polar surface area (TPSA) is 32.3 Å². The quantitative estimate of drug-likeness (QED) is 0.771. The fourth-order valence-electron chi connectivity index (χ4n) is 2.41. The van der Waals surface area contributed by atoms with Crippen LogP contribution in [0.2, 0.25) is 0 Å². The summed E-state index contributed by atoms with van der Waals surface area (Å²) in [6.45, 7) is 4.16. The van der Waals surface area contributed by atoms with E-state index in [0.29, 0.717) is 12.5 Å². The molecule has 17 heavy (non-hydrogen) atoms. The van der Waals surface area contributed by atoms with E-state index in [9.17, 15) is 4.79 Å². The van der Waals surface area contributed by atoms with Crippen molar-refractivity contribution in [3.8, 4) is 0 Å². The van der Waals surface area contributed by atoms with Gasteiger partial charge in [-0.2, -0.15) is 0 Å². The molecule has 3 nitrogen and oxygen atoms in total. The molecule has 1 aliphatic heterocycles. The molecule has 2 rings (SSSR count). The smallest absolute Gasteiger partial charge is 0.121 e. The first-order chi connectivity index (χ1) is 8.40. The van der Waals surface area contributed by atoms with Crippen LogP contribution in [-0.2, 0) is 11.2 Å². The van der Waals surface area contributed by atoms with Gasteiger partial charge in [0.2, 0.25) is 0 Å². The molecule has 1 saturated heterocycles. The van der Waals surface area contributed by atoms with Crippen LogP contribution in [0.5, 0.6) is 0 Å². The molecule has 0 aromatic heterocycles. The van der Waals surface area contributed by atoms with E-state index in [0.717, 1.165) is 38.9 Å². The minimum absolute atomic E-state index is 0.358. The minimum atomic E-state index is 0.358. The third-order valence-corrected chi connectivity index (χ3v) is 3.35. The number of hydrogen-bond donors (Lipinski definition) is 1. The van der Waals surface area contributed by atoms with Crippen molar-refractivity contribution in [1.29, 1.82) is 0 Å². The van der Waals surface area contributed by atoms with Crippen LogP contribution in [0.4, 0.5) is 0 Å². The Morgan fingerprint density at radius 3 is 2.59 bits per heavy atom. The Morgan fingerprint density at radius 1 is 1.24 bits per heavy atom. The number of nitrogens with one attached hydrogen (secondary N) is 1. The van der Waals surface area contributed by atoms with Crippen molar-refractivity contribution in [2.24, 2.45) is 0 Å². The highest BCUT2D eigenvalue weighted by Crippen LogP contribution is 2.12. The first-order valence-corrected chi connectivity index (χ1v) is 6.32. The second kappa shape index (κ2) is 6.52. The molecule has 0 spiro atoms. The highest BCUT2D eigenvalue weighted by molar-refractivity contribution is 5.50. The number of piperazine rings is 1. The summed E-state index contributed by atoms with van der Waals surface area (Å²) in [6, 6.07) is 10.8. The first kappa shape index (κ1) is 12.3. The standard InChI is InChI=1S/C14H20N2O/c17-11-6-14(16-9-7-15-8-10-16)12-13-4-2-1-3-5-13/h1-5,11,14-15H,6-10,12H2. The van der Waals surface area contributed by atoms with Crippen molar-refractivity contribution >= 4 is 6.29 Å². The van der Waals surface area contributed by atoms with Crippen LogP contribution in [-0.4, -0.2) is 43.4 Å². The van der Waals surface area contributed by atoms with Crippen LogP contribution < -0.4 is 5.32 Å². The summed E-state index contributed by atoms with van der Waals surface area (Å²) in [5.41, 5.74) is 1.32.